The first-order valence-corrected chi connectivity index (χ1v) is 7.45. The van der Waals surface area contributed by atoms with Gasteiger partial charge >= 0.3 is 0 Å². The second kappa shape index (κ2) is 6.26. The summed E-state index contributed by atoms with van der Waals surface area (Å²) in [5.74, 6) is 3.48. The molecule has 4 heteroatoms. The summed E-state index contributed by atoms with van der Waals surface area (Å²) in [5, 5.41) is 3.22. The standard InChI is InChI=1S/C13H21N3S/c1-3-14-13-5-4-12(8-15-13)9-16-6-7-17-10-11(16)2/h4-5,8,11H,3,6-7,9-10H2,1-2H3,(H,14,15). The Bertz CT molecular complexity index is 339. The number of rotatable bonds is 4. The molecule has 0 bridgehead atoms. The SMILES string of the molecule is CCNc1ccc(CN2CCSCC2C)cn1. The summed E-state index contributed by atoms with van der Waals surface area (Å²) in [6.45, 7) is 7.55. The Kier molecular flexibility index (Phi) is 4.68. The number of hydrogen-bond acceptors (Lipinski definition) is 4. The molecule has 1 N–H and O–H groups in total. The lowest BCUT2D eigenvalue weighted by Gasteiger charge is -2.32. The van der Waals surface area contributed by atoms with Gasteiger partial charge in [0, 0.05) is 43.4 Å². The predicted molar refractivity (Wildman–Crippen MR) is 75.6 cm³/mol. The molecule has 0 radical (unpaired) electrons. The predicted octanol–water partition coefficient (Wildman–Crippen LogP) is 2.45. The summed E-state index contributed by atoms with van der Waals surface area (Å²) in [7, 11) is 0. The summed E-state index contributed by atoms with van der Waals surface area (Å²) >= 11 is 2.06. The maximum absolute atomic E-state index is 4.42. The van der Waals surface area contributed by atoms with Gasteiger partial charge in [-0.2, -0.15) is 11.8 Å². The Labute approximate surface area is 108 Å². The van der Waals surface area contributed by atoms with Crippen LogP contribution in [0.3, 0.4) is 0 Å². The summed E-state index contributed by atoms with van der Waals surface area (Å²) in [6, 6.07) is 4.93. The zero-order valence-electron chi connectivity index (χ0n) is 10.6. The fourth-order valence-corrected chi connectivity index (χ4v) is 3.12. The van der Waals surface area contributed by atoms with Crippen molar-refractivity contribution in [3.05, 3.63) is 23.9 Å². The van der Waals surface area contributed by atoms with Gasteiger partial charge in [0.2, 0.25) is 0 Å². The molecule has 17 heavy (non-hydrogen) atoms. The number of nitrogens with one attached hydrogen (secondary N) is 1. The lowest BCUT2D eigenvalue weighted by Crippen LogP contribution is -2.39. The van der Waals surface area contributed by atoms with E-state index >= 15 is 0 Å². The van der Waals surface area contributed by atoms with Gasteiger partial charge < -0.3 is 5.32 Å². The van der Waals surface area contributed by atoms with Crippen LogP contribution in [0.5, 0.6) is 0 Å². The minimum Gasteiger partial charge on any atom is -0.370 e. The summed E-state index contributed by atoms with van der Waals surface area (Å²) in [4.78, 5) is 6.96. The van der Waals surface area contributed by atoms with E-state index in [1.54, 1.807) is 0 Å². The zero-order valence-corrected chi connectivity index (χ0v) is 11.5. The van der Waals surface area contributed by atoms with Crippen molar-refractivity contribution in [1.82, 2.24) is 9.88 Å². The largest absolute Gasteiger partial charge is 0.370 e. The molecule has 1 atom stereocenters. The molecule has 1 saturated heterocycles. The molecule has 2 heterocycles. The second-order valence-electron chi connectivity index (χ2n) is 4.48. The fourth-order valence-electron chi connectivity index (χ4n) is 2.03. The van der Waals surface area contributed by atoms with Gasteiger partial charge in [-0.3, -0.25) is 4.90 Å². The molecule has 1 aliphatic rings. The Hall–Kier alpha value is -0.740. The van der Waals surface area contributed by atoms with E-state index in [9.17, 15) is 0 Å². The first-order valence-electron chi connectivity index (χ1n) is 6.30. The van der Waals surface area contributed by atoms with E-state index in [4.69, 9.17) is 0 Å². The molecule has 0 spiro atoms. The molecule has 1 aromatic heterocycles. The number of nitrogens with zero attached hydrogens (tertiary/aromatic N) is 2. The van der Waals surface area contributed by atoms with E-state index in [1.807, 2.05) is 6.20 Å². The van der Waals surface area contributed by atoms with Gasteiger partial charge in [0.15, 0.2) is 0 Å². The first-order chi connectivity index (χ1) is 8.29. The topological polar surface area (TPSA) is 28.2 Å². The quantitative estimate of drug-likeness (QED) is 0.890. The Morgan fingerprint density at radius 1 is 1.53 bits per heavy atom. The Morgan fingerprint density at radius 3 is 3.06 bits per heavy atom. The minimum absolute atomic E-state index is 0.683. The molecule has 0 aliphatic carbocycles. The van der Waals surface area contributed by atoms with E-state index < -0.39 is 0 Å². The third-order valence-corrected chi connectivity index (χ3v) is 4.26. The van der Waals surface area contributed by atoms with Crippen molar-refractivity contribution in [1.29, 1.82) is 0 Å². The van der Waals surface area contributed by atoms with E-state index in [2.05, 4.69) is 52.9 Å². The molecule has 0 saturated carbocycles. The molecule has 94 valence electrons. The van der Waals surface area contributed by atoms with Crippen LogP contribution in [0.25, 0.3) is 0 Å². The summed E-state index contributed by atoms with van der Waals surface area (Å²) in [6.07, 6.45) is 1.99. The number of thioether (sulfide) groups is 1. The van der Waals surface area contributed by atoms with Crippen molar-refractivity contribution >= 4 is 17.6 Å². The molecule has 1 aromatic rings. The normalized spacial score (nSPS) is 21.4. The second-order valence-corrected chi connectivity index (χ2v) is 5.63. The Balaban J connectivity index is 1.93. The summed E-state index contributed by atoms with van der Waals surface area (Å²) in [5.41, 5.74) is 1.31. The van der Waals surface area contributed by atoms with Crippen LogP contribution in [0.1, 0.15) is 19.4 Å². The third kappa shape index (κ3) is 3.61. The van der Waals surface area contributed by atoms with Crippen molar-refractivity contribution in [2.45, 2.75) is 26.4 Å². The average Bonchev–Trinajstić information content (AvgIpc) is 2.35. The van der Waals surface area contributed by atoms with Crippen molar-refractivity contribution < 1.29 is 0 Å². The van der Waals surface area contributed by atoms with Gasteiger partial charge in [-0.15, -0.1) is 0 Å². The zero-order chi connectivity index (χ0) is 12.1. The number of anilines is 1. The van der Waals surface area contributed by atoms with E-state index in [0.29, 0.717) is 6.04 Å². The fraction of sp³-hybridized carbons (Fsp3) is 0.615. The van der Waals surface area contributed by atoms with Crippen molar-refractivity contribution in [3.63, 3.8) is 0 Å². The van der Waals surface area contributed by atoms with E-state index in [0.717, 1.165) is 18.9 Å². The highest BCUT2D eigenvalue weighted by Gasteiger charge is 2.18. The first kappa shape index (κ1) is 12.7. The molecule has 2 rings (SSSR count). The minimum atomic E-state index is 0.683. The van der Waals surface area contributed by atoms with Gasteiger partial charge in [-0.1, -0.05) is 6.07 Å². The van der Waals surface area contributed by atoms with Crippen LogP contribution in [-0.2, 0) is 6.54 Å². The lowest BCUT2D eigenvalue weighted by atomic mass is 10.2. The maximum atomic E-state index is 4.42. The van der Waals surface area contributed by atoms with Crippen molar-refractivity contribution in [2.75, 3.05) is 29.9 Å². The molecule has 1 unspecified atom stereocenters. The van der Waals surface area contributed by atoms with Crippen LogP contribution in [0.4, 0.5) is 5.82 Å². The van der Waals surface area contributed by atoms with Crippen LogP contribution in [0.2, 0.25) is 0 Å². The molecule has 0 amide bonds. The number of hydrogen-bond donors (Lipinski definition) is 1. The molecular weight excluding hydrogens is 230 g/mol. The smallest absolute Gasteiger partial charge is 0.125 e. The van der Waals surface area contributed by atoms with Crippen LogP contribution >= 0.6 is 11.8 Å². The molecule has 1 aliphatic heterocycles. The van der Waals surface area contributed by atoms with E-state index in [1.165, 1.54) is 23.6 Å². The number of aromatic nitrogens is 1. The van der Waals surface area contributed by atoms with Gasteiger partial charge in [-0.25, -0.2) is 4.98 Å². The summed E-state index contributed by atoms with van der Waals surface area (Å²) < 4.78 is 0. The van der Waals surface area contributed by atoms with Crippen molar-refractivity contribution in [3.8, 4) is 0 Å². The highest BCUT2D eigenvalue weighted by atomic mass is 32.2. The van der Waals surface area contributed by atoms with Gasteiger partial charge in [0.25, 0.3) is 0 Å². The number of pyridine rings is 1. The highest BCUT2D eigenvalue weighted by Crippen LogP contribution is 2.18. The third-order valence-electron chi connectivity index (χ3n) is 3.07. The maximum Gasteiger partial charge on any atom is 0.125 e. The monoisotopic (exact) mass is 251 g/mol. The lowest BCUT2D eigenvalue weighted by molar-refractivity contribution is 0.224. The van der Waals surface area contributed by atoms with Crippen LogP contribution in [-0.4, -0.2) is 40.5 Å². The molecule has 0 aromatic carbocycles. The van der Waals surface area contributed by atoms with Gasteiger partial charge in [-0.05, 0) is 25.5 Å². The van der Waals surface area contributed by atoms with Gasteiger partial charge in [0.1, 0.15) is 5.82 Å². The molecular formula is C13H21N3S. The Morgan fingerprint density at radius 2 is 2.41 bits per heavy atom. The van der Waals surface area contributed by atoms with Crippen LogP contribution in [0, 0.1) is 0 Å². The van der Waals surface area contributed by atoms with Crippen LogP contribution in [0.15, 0.2) is 18.3 Å². The van der Waals surface area contributed by atoms with Crippen LogP contribution < -0.4 is 5.32 Å². The molecule has 1 fully saturated rings. The van der Waals surface area contributed by atoms with E-state index in [-0.39, 0.29) is 0 Å². The molecule has 3 nitrogen and oxygen atoms in total. The van der Waals surface area contributed by atoms with Gasteiger partial charge in [0.05, 0.1) is 0 Å². The highest BCUT2D eigenvalue weighted by molar-refractivity contribution is 7.99. The van der Waals surface area contributed by atoms with Crippen molar-refractivity contribution in [2.24, 2.45) is 0 Å². The average molecular weight is 251 g/mol.